The van der Waals surface area contributed by atoms with Gasteiger partial charge in [0, 0.05) is 24.5 Å². The second-order valence-corrected chi connectivity index (χ2v) is 5.20. The van der Waals surface area contributed by atoms with Gasteiger partial charge in [-0.3, -0.25) is 4.57 Å². The van der Waals surface area contributed by atoms with E-state index >= 15 is 0 Å². The molecule has 1 aromatic carbocycles. The predicted octanol–water partition coefficient (Wildman–Crippen LogP) is 1.43. The molecule has 18 heavy (non-hydrogen) atoms. The number of hydrogen-bond donors (Lipinski definition) is 1. The molecule has 0 atom stereocenters. The molecule has 1 fully saturated rings. The van der Waals surface area contributed by atoms with E-state index in [0.717, 1.165) is 29.8 Å². The Balaban J connectivity index is 2.05. The molecule has 2 N–H and O–H groups in total. The average molecular weight is 243 g/mol. The van der Waals surface area contributed by atoms with Gasteiger partial charge in [-0.15, -0.1) is 0 Å². The van der Waals surface area contributed by atoms with E-state index < -0.39 is 0 Å². The van der Waals surface area contributed by atoms with Crippen LogP contribution in [0.1, 0.15) is 24.1 Å². The van der Waals surface area contributed by atoms with Crippen molar-refractivity contribution in [2.75, 3.05) is 0 Å². The monoisotopic (exact) mass is 243 g/mol. The van der Waals surface area contributed by atoms with Gasteiger partial charge in [-0.2, -0.15) is 0 Å². The van der Waals surface area contributed by atoms with Crippen molar-refractivity contribution in [3.63, 3.8) is 0 Å². The van der Waals surface area contributed by atoms with E-state index in [-0.39, 0.29) is 11.2 Å². The lowest BCUT2D eigenvalue weighted by atomic mass is 10.1. The van der Waals surface area contributed by atoms with Crippen LogP contribution >= 0.6 is 0 Å². The normalized spacial score (nSPS) is 16.8. The van der Waals surface area contributed by atoms with Gasteiger partial charge in [0.2, 0.25) is 0 Å². The van der Waals surface area contributed by atoms with Crippen LogP contribution in [-0.2, 0) is 12.6 Å². The molecule has 0 saturated heterocycles. The zero-order valence-electron chi connectivity index (χ0n) is 10.7. The highest BCUT2D eigenvalue weighted by Crippen LogP contribution is 2.42. The van der Waals surface area contributed by atoms with Gasteiger partial charge >= 0.3 is 5.69 Å². The number of aromatic nitrogens is 2. The van der Waals surface area contributed by atoms with Crippen LogP contribution in [0.2, 0.25) is 0 Å². The molecule has 4 nitrogen and oxygen atoms in total. The van der Waals surface area contributed by atoms with Gasteiger partial charge in [0.05, 0.1) is 5.69 Å². The van der Waals surface area contributed by atoms with Gasteiger partial charge in [-0.25, -0.2) is 4.79 Å². The maximum atomic E-state index is 12.0. The number of rotatable bonds is 2. The summed E-state index contributed by atoms with van der Waals surface area (Å²) in [7, 11) is 1.76. The lowest BCUT2D eigenvalue weighted by molar-refractivity contribution is 0.739. The van der Waals surface area contributed by atoms with E-state index in [2.05, 4.69) is 0 Å². The van der Waals surface area contributed by atoms with Crippen LogP contribution in [0, 0.1) is 6.92 Å². The van der Waals surface area contributed by atoms with Crippen LogP contribution in [0.4, 0.5) is 0 Å². The van der Waals surface area contributed by atoms with Gasteiger partial charge in [0.25, 0.3) is 0 Å². The summed E-state index contributed by atoms with van der Waals surface area (Å²) < 4.78 is 3.30. The molecule has 2 aromatic rings. The smallest absolute Gasteiger partial charge is 0.321 e. The molecule has 1 heterocycles. The molecular formula is C14H17N3O. The molecular weight excluding hydrogens is 226 g/mol. The minimum absolute atomic E-state index is 0.0193. The van der Waals surface area contributed by atoms with Crippen molar-refractivity contribution < 1.29 is 0 Å². The lowest BCUT2D eigenvalue weighted by Crippen LogP contribution is -2.22. The molecule has 4 heteroatoms. The second kappa shape index (κ2) is 3.59. The van der Waals surface area contributed by atoms with E-state index in [9.17, 15) is 4.79 Å². The summed E-state index contributed by atoms with van der Waals surface area (Å²) in [5.41, 5.74) is 9.00. The SMILES string of the molecule is Cc1cn(C)c(=O)n1-c1ccc(C2(N)CC2)cc1. The zero-order chi connectivity index (χ0) is 12.9. The van der Waals surface area contributed by atoms with Crippen LogP contribution in [0.15, 0.2) is 35.3 Å². The highest BCUT2D eigenvalue weighted by atomic mass is 16.1. The number of nitrogens with zero attached hydrogens (tertiary/aromatic N) is 2. The molecule has 1 saturated carbocycles. The largest absolute Gasteiger partial charge is 0.332 e. The first kappa shape index (κ1) is 11.3. The fourth-order valence-electron chi connectivity index (χ4n) is 2.38. The lowest BCUT2D eigenvalue weighted by Gasteiger charge is -2.10. The standard InChI is InChI=1S/C14H17N3O/c1-10-9-16(2)13(18)17(10)12-5-3-11(4-6-12)14(15)7-8-14/h3-6,9H,7-8,15H2,1-2H3. The van der Waals surface area contributed by atoms with Crippen LogP contribution in [-0.4, -0.2) is 9.13 Å². The Morgan fingerprint density at radius 1 is 1.22 bits per heavy atom. The first-order chi connectivity index (χ1) is 8.51. The average Bonchev–Trinajstić information content (AvgIpc) is 3.03. The third-order valence-electron chi connectivity index (χ3n) is 3.72. The Kier molecular flexibility index (Phi) is 2.25. The predicted molar refractivity (Wildman–Crippen MR) is 70.8 cm³/mol. The second-order valence-electron chi connectivity index (χ2n) is 5.20. The summed E-state index contributed by atoms with van der Waals surface area (Å²) in [4.78, 5) is 12.0. The van der Waals surface area contributed by atoms with Crippen molar-refractivity contribution in [1.82, 2.24) is 9.13 Å². The zero-order valence-corrected chi connectivity index (χ0v) is 10.7. The van der Waals surface area contributed by atoms with E-state index in [1.54, 1.807) is 16.2 Å². The van der Waals surface area contributed by atoms with Crippen LogP contribution in [0.5, 0.6) is 0 Å². The number of nitrogens with two attached hydrogens (primary N) is 1. The van der Waals surface area contributed by atoms with Gasteiger partial charge in [-0.1, -0.05) is 12.1 Å². The van der Waals surface area contributed by atoms with Crippen molar-refractivity contribution in [2.45, 2.75) is 25.3 Å². The van der Waals surface area contributed by atoms with Gasteiger partial charge in [0.15, 0.2) is 0 Å². The fourth-order valence-corrected chi connectivity index (χ4v) is 2.38. The maximum Gasteiger partial charge on any atom is 0.332 e. The number of benzene rings is 1. The van der Waals surface area contributed by atoms with Gasteiger partial charge in [0.1, 0.15) is 0 Å². The highest BCUT2D eigenvalue weighted by molar-refractivity contribution is 5.40. The van der Waals surface area contributed by atoms with Gasteiger partial charge < -0.3 is 10.3 Å². The van der Waals surface area contributed by atoms with Crippen molar-refractivity contribution in [3.8, 4) is 5.69 Å². The molecule has 1 aromatic heterocycles. The summed E-state index contributed by atoms with van der Waals surface area (Å²) in [6.07, 6.45) is 3.94. The van der Waals surface area contributed by atoms with Crippen molar-refractivity contribution in [3.05, 3.63) is 52.2 Å². The minimum atomic E-state index is -0.116. The molecule has 1 aliphatic rings. The first-order valence-corrected chi connectivity index (χ1v) is 6.16. The summed E-state index contributed by atoms with van der Waals surface area (Å²) >= 11 is 0. The summed E-state index contributed by atoms with van der Waals surface area (Å²) in [5, 5.41) is 0. The summed E-state index contributed by atoms with van der Waals surface area (Å²) in [6.45, 7) is 1.93. The fraction of sp³-hybridized carbons (Fsp3) is 0.357. The number of hydrogen-bond acceptors (Lipinski definition) is 2. The molecule has 0 bridgehead atoms. The molecule has 0 amide bonds. The Bertz CT molecular complexity index is 645. The van der Waals surface area contributed by atoms with E-state index in [1.807, 2.05) is 37.4 Å². The van der Waals surface area contributed by atoms with Crippen LogP contribution < -0.4 is 11.4 Å². The molecule has 94 valence electrons. The third-order valence-corrected chi connectivity index (χ3v) is 3.72. The Morgan fingerprint density at radius 3 is 2.28 bits per heavy atom. The van der Waals surface area contributed by atoms with Gasteiger partial charge in [-0.05, 0) is 37.5 Å². The highest BCUT2D eigenvalue weighted by Gasteiger charge is 2.39. The molecule has 3 rings (SSSR count). The molecule has 0 radical (unpaired) electrons. The molecule has 0 unspecified atom stereocenters. The van der Waals surface area contributed by atoms with Crippen LogP contribution in [0.3, 0.4) is 0 Å². The number of aryl methyl sites for hydroxylation is 2. The third kappa shape index (κ3) is 1.61. The maximum absolute atomic E-state index is 12.0. The summed E-state index contributed by atoms with van der Waals surface area (Å²) in [5.74, 6) is 0. The van der Waals surface area contributed by atoms with Crippen molar-refractivity contribution in [1.29, 1.82) is 0 Å². The van der Waals surface area contributed by atoms with Crippen molar-refractivity contribution in [2.24, 2.45) is 12.8 Å². The van der Waals surface area contributed by atoms with E-state index in [0.29, 0.717) is 0 Å². The Morgan fingerprint density at radius 2 is 1.83 bits per heavy atom. The van der Waals surface area contributed by atoms with Crippen LogP contribution in [0.25, 0.3) is 5.69 Å². The minimum Gasteiger partial charge on any atom is -0.321 e. The summed E-state index contributed by atoms with van der Waals surface area (Å²) in [6, 6.07) is 8.00. The van der Waals surface area contributed by atoms with E-state index in [1.165, 1.54) is 0 Å². The topological polar surface area (TPSA) is 53.0 Å². The van der Waals surface area contributed by atoms with E-state index in [4.69, 9.17) is 5.73 Å². The molecule has 0 aliphatic heterocycles. The van der Waals surface area contributed by atoms with Crippen molar-refractivity contribution >= 4 is 0 Å². The molecule has 0 spiro atoms. The molecule has 1 aliphatic carbocycles. The quantitative estimate of drug-likeness (QED) is 0.867. The Labute approximate surface area is 106 Å². The Hall–Kier alpha value is -1.81. The first-order valence-electron chi connectivity index (χ1n) is 6.16. The number of imidazole rings is 1.